The van der Waals surface area contributed by atoms with E-state index in [0.29, 0.717) is 13.1 Å². The molecule has 0 aromatic carbocycles. The van der Waals surface area contributed by atoms with Gasteiger partial charge in [-0.3, -0.25) is 4.79 Å². The molecule has 2 rings (SSSR count). The van der Waals surface area contributed by atoms with Gasteiger partial charge >= 0.3 is 0 Å². The molecule has 2 fully saturated rings. The molecular formula is C10H17NO2S. The highest BCUT2D eigenvalue weighted by Crippen LogP contribution is 2.33. The second-order valence-electron chi connectivity index (χ2n) is 4.69. The summed E-state index contributed by atoms with van der Waals surface area (Å²) in [5.41, 5.74) is -0.619. The van der Waals surface area contributed by atoms with Gasteiger partial charge in [-0.05, 0) is 5.92 Å². The molecule has 0 saturated carbocycles. The topological polar surface area (TPSA) is 40.5 Å². The van der Waals surface area contributed by atoms with Crippen LogP contribution in [0.5, 0.6) is 0 Å². The van der Waals surface area contributed by atoms with E-state index in [1.54, 1.807) is 4.90 Å². The van der Waals surface area contributed by atoms with Crippen LogP contribution in [0.2, 0.25) is 0 Å². The number of aliphatic hydroxyl groups is 1. The summed E-state index contributed by atoms with van der Waals surface area (Å²) < 4.78 is 0. The molecule has 0 aromatic heterocycles. The van der Waals surface area contributed by atoms with E-state index in [0.717, 1.165) is 11.5 Å². The molecule has 0 aliphatic carbocycles. The molecule has 4 heteroatoms. The van der Waals surface area contributed by atoms with E-state index in [1.807, 2.05) is 25.6 Å². The standard InChI is InChI=1S/C10H17NO2S/c1-7(2)10(13)5-11(6-10)9(12)8-3-14-4-8/h7-8,13H,3-6H2,1-2H3. The molecule has 2 aliphatic heterocycles. The molecule has 0 unspecified atom stereocenters. The highest BCUT2D eigenvalue weighted by molar-refractivity contribution is 8.00. The summed E-state index contributed by atoms with van der Waals surface area (Å²) in [6.07, 6.45) is 0. The van der Waals surface area contributed by atoms with Gasteiger partial charge in [-0.25, -0.2) is 0 Å². The lowest BCUT2D eigenvalue weighted by molar-refractivity contribution is -0.166. The lowest BCUT2D eigenvalue weighted by Gasteiger charge is -2.50. The van der Waals surface area contributed by atoms with Crippen LogP contribution >= 0.6 is 11.8 Å². The van der Waals surface area contributed by atoms with Crippen molar-refractivity contribution >= 4 is 17.7 Å². The predicted octanol–water partition coefficient (Wildman–Crippen LogP) is 0.579. The number of nitrogens with zero attached hydrogens (tertiary/aromatic N) is 1. The molecule has 1 N–H and O–H groups in total. The lowest BCUT2D eigenvalue weighted by Crippen LogP contribution is -2.67. The van der Waals surface area contributed by atoms with Crippen LogP contribution in [0.1, 0.15) is 13.8 Å². The van der Waals surface area contributed by atoms with Crippen molar-refractivity contribution in [1.82, 2.24) is 4.90 Å². The number of β-amino-alcohol motifs (C(OH)–C–C–N with tert-alkyl or cyclic N) is 1. The van der Waals surface area contributed by atoms with Crippen LogP contribution in [0.3, 0.4) is 0 Å². The fraction of sp³-hybridized carbons (Fsp3) is 0.900. The van der Waals surface area contributed by atoms with Gasteiger partial charge in [0.25, 0.3) is 0 Å². The Labute approximate surface area is 88.9 Å². The van der Waals surface area contributed by atoms with Gasteiger partial charge in [-0.1, -0.05) is 13.8 Å². The zero-order chi connectivity index (χ0) is 10.3. The SMILES string of the molecule is CC(C)C1(O)CN(C(=O)C2CSC2)C1. The summed E-state index contributed by atoms with van der Waals surface area (Å²) in [6, 6.07) is 0. The van der Waals surface area contributed by atoms with Crippen molar-refractivity contribution in [3.05, 3.63) is 0 Å². The largest absolute Gasteiger partial charge is 0.386 e. The van der Waals surface area contributed by atoms with Gasteiger partial charge in [0.1, 0.15) is 5.60 Å². The minimum atomic E-state index is -0.619. The van der Waals surface area contributed by atoms with Crippen molar-refractivity contribution in [2.75, 3.05) is 24.6 Å². The molecule has 2 heterocycles. The number of likely N-dealkylation sites (tertiary alicyclic amines) is 1. The normalized spacial score (nSPS) is 25.9. The Bertz CT molecular complexity index is 245. The number of carbonyl (C=O) groups is 1. The van der Waals surface area contributed by atoms with E-state index < -0.39 is 5.60 Å². The maximum absolute atomic E-state index is 11.7. The molecule has 2 saturated heterocycles. The van der Waals surface area contributed by atoms with E-state index >= 15 is 0 Å². The summed E-state index contributed by atoms with van der Waals surface area (Å²) >= 11 is 1.82. The van der Waals surface area contributed by atoms with E-state index in [1.165, 1.54) is 0 Å². The fourth-order valence-corrected chi connectivity index (χ4v) is 2.53. The zero-order valence-corrected chi connectivity index (χ0v) is 9.51. The Morgan fingerprint density at radius 2 is 2.07 bits per heavy atom. The second-order valence-corrected chi connectivity index (χ2v) is 5.76. The first kappa shape index (κ1) is 10.3. The minimum absolute atomic E-state index is 0.233. The molecule has 3 nitrogen and oxygen atoms in total. The average Bonchev–Trinajstić information content (AvgIpc) is 1.94. The molecule has 0 aromatic rings. The Morgan fingerprint density at radius 1 is 1.50 bits per heavy atom. The summed E-state index contributed by atoms with van der Waals surface area (Å²) in [5, 5.41) is 9.98. The van der Waals surface area contributed by atoms with Crippen molar-refractivity contribution in [3.63, 3.8) is 0 Å². The third kappa shape index (κ3) is 1.54. The summed E-state index contributed by atoms with van der Waals surface area (Å²) in [5.74, 6) is 2.65. The van der Waals surface area contributed by atoms with Gasteiger partial charge in [0.15, 0.2) is 0 Å². The maximum atomic E-state index is 11.7. The summed E-state index contributed by atoms with van der Waals surface area (Å²) in [7, 11) is 0. The van der Waals surface area contributed by atoms with Crippen LogP contribution in [0.15, 0.2) is 0 Å². The van der Waals surface area contributed by atoms with Gasteiger partial charge in [-0.2, -0.15) is 11.8 Å². The van der Waals surface area contributed by atoms with Crippen LogP contribution in [0, 0.1) is 11.8 Å². The molecule has 0 radical (unpaired) electrons. The smallest absolute Gasteiger partial charge is 0.227 e. The van der Waals surface area contributed by atoms with Gasteiger partial charge in [0.05, 0.1) is 19.0 Å². The highest BCUT2D eigenvalue weighted by Gasteiger charge is 2.47. The zero-order valence-electron chi connectivity index (χ0n) is 8.69. The van der Waals surface area contributed by atoms with Crippen LogP contribution in [-0.4, -0.2) is 46.1 Å². The number of amides is 1. The molecule has 80 valence electrons. The van der Waals surface area contributed by atoms with Crippen LogP contribution < -0.4 is 0 Å². The summed E-state index contributed by atoms with van der Waals surface area (Å²) in [6.45, 7) is 5.07. The van der Waals surface area contributed by atoms with Crippen molar-refractivity contribution in [3.8, 4) is 0 Å². The molecule has 14 heavy (non-hydrogen) atoms. The number of hydrogen-bond acceptors (Lipinski definition) is 3. The maximum Gasteiger partial charge on any atom is 0.227 e. The Kier molecular flexibility index (Phi) is 2.52. The van der Waals surface area contributed by atoms with Crippen molar-refractivity contribution in [1.29, 1.82) is 0 Å². The Morgan fingerprint density at radius 3 is 2.43 bits per heavy atom. The lowest BCUT2D eigenvalue weighted by atomic mass is 9.82. The van der Waals surface area contributed by atoms with Gasteiger partial charge < -0.3 is 10.0 Å². The number of carbonyl (C=O) groups excluding carboxylic acids is 1. The van der Waals surface area contributed by atoms with E-state index in [2.05, 4.69) is 0 Å². The Hall–Kier alpha value is -0.220. The molecule has 0 bridgehead atoms. The van der Waals surface area contributed by atoms with Gasteiger partial charge in [-0.15, -0.1) is 0 Å². The third-order valence-electron chi connectivity index (χ3n) is 3.30. The van der Waals surface area contributed by atoms with Crippen molar-refractivity contribution in [2.45, 2.75) is 19.4 Å². The molecule has 1 amide bonds. The van der Waals surface area contributed by atoms with Crippen molar-refractivity contribution in [2.24, 2.45) is 11.8 Å². The fourth-order valence-electron chi connectivity index (χ4n) is 1.77. The first-order valence-electron chi connectivity index (χ1n) is 5.12. The Balaban J connectivity index is 1.84. The number of rotatable bonds is 2. The quantitative estimate of drug-likeness (QED) is 0.732. The van der Waals surface area contributed by atoms with Gasteiger partial charge in [0, 0.05) is 11.5 Å². The van der Waals surface area contributed by atoms with Crippen molar-refractivity contribution < 1.29 is 9.90 Å². The van der Waals surface area contributed by atoms with E-state index in [9.17, 15) is 9.90 Å². The second kappa shape index (κ2) is 3.42. The monoisotopic (exact) mass is 215 g/mol. The van der Waals surface area contributed by atoms with Crippen LogP contribution in [0.4, 0.5) is 0 Å². The number of thioether (sulfide) groups is 1. The third-order valence-corrected chi connectivity index (χ3v) is 4.58. The first-order valence-corrected chi connectivity index (χ1v) is 6.27. The number of hydrogen-bond donors (Lipinski definition) is 1. The predicted molar refractivity (Wildman–Crippen MR) is 57.2 cm³/mol. The highest BCUT2D eigenvalue weighted by atomic mass is 32.2. The molecule has 2 aliphatic rings. The van der Waals surface area contributed by atoms with E-state index in [4.69, 9.17) is 0 Å². The van der Waals surface area contributed by atoms with Crippen LogP contribution in [0.25, 0.3) is 0 Å². The molecule has 0 atom stereocenters. The van der Waals surface area contributed by atoms with E-state index in [-0.39, 0.29) is 17.7 Å². The average molecular weight is 215 g/mol. The molecule has 0 spiro atoms. The van der Waals surface area contributed by atoms with Gasteiger partial charge in [0.2, 0.25) is 5.91 Å². The van der Waals surface area contributed by atoms with Crippen LogP contribution in [-0.2, 0) is 4.79 Å². The molecular weight excluding hydrogens is 198 g/mol. The minimum Gasteiger partial charge on any atom is -0.386 e. The first-order chi connectivity index (χ1) is 6.53. The summed E-state index contributed by atoms with van der Waals surface area (Å²) in [4.78, 5) is 13.5.